The summed E-state index contributed by atoms with van der Waals surface area (Å²) in [5, 5.41) is 7.94. The smallest absolute Gasteiger partial charge is 0.380 e. The first-order valence-corrected chi connectivity index (χ1v) is 35.7. The Hall–Kier alpha value is -6.78. The van der Waals surface area contributed by atoms with Gasteiger partial charge in [-0.15, -0.1) is 11.8 Å². The second kappa shape index (κ2) is 27.1. The van der Waals surface area contributed by atoms with Crippen molar-refractivity contribution in [3.05, 3.63) is 119 Å². The Morgan fingerprint density at radius 2 is 1.43 bits per heavy atom. The minimum absolute atomic E-state index is 0.00254. The number of piperazine rings is 2. The fourth-order valence-electron chi connectivity index (χ4n) is 14.5. The molecule has 8 aliphatic rings. The molecule has 2 bridgehead atoms. The van der Waals surface area contributed by atoms with Gasteiger partial charge in [0.1, 0.15) is 10.9 Å². The molecule has 4 aromatic rings. The fraction of sp³-hybridized carbons (Fsp3) is 0.515. The number of sulfone groups is 1. The summed E-state index contributed by atoms with van der Waals surface area (Å²) in [6.45, 7) is 12.1. The Balaban J connectivity index is 0.661. The molecule has 4 heterocycles. The van der Waals surface area contributed by atoms with E-state index in [9.17, 15) is 67.6 Å². The molecule has 0 radical (unpaired) electrons. The number of benzene rings is 4. The number of alkyl halides is 5. The lowest BCUT2D eigenvalue weighted by Gasteiger charge is -2.72. The number of imide groups is 2. The van der Waals surface area contributed by atoms with Crippen LogP contribution in [0.5, 0.6) is 0 Å². The second-order valence-electron chi connectivity index (χ2n) is 26.7. The van der Waals surface area contributed by atoms with Crippen molar-refractivity contribution < 1.29 is 67.6 Å². The molecule has 3 saturated carbocycles. The van der Waals surface area contributed by atoms with E-state index in [1.807, 2.05) is 35.1 Å². The molecule has 0 spiro atoms. The lowest BCUT2D eigenvalue weighted by Crippen LogP contribution is -2.66. The zero-order valence-corrected chi connectivity index (χ0v) is 54.5. The van der Waals surface area contributed by atoms with Crippen LogP contribution >= 0.6 is 11.8 Å². The van der Waals surface area contributed by atoms with E-state index in [1.165, 1.54) is 53.2 Å². The lowest BCUT2D eigenvalue weighted by molar-refractivity contribution is -0.250. The molecule has 6 amide bonds. The van der Waals surface area contributed by atoms with Crippen LogP contribution in [0, 0.1) is 16.2 Å². The van der Waals surface area contributed by atoms with Crippen LogP contribution in [0.1, 0.15) is 128 Å². The number of halogens is 5. The van der Waals surface area contributed by atoms with E-state index in [-0.39, 0.29) is 58.4 Å². The third-order valence-corrected chi connectivity index (χ3v) is 23.7. The van der Waals surface area contributed by atoms with Gasteiger partial charge in [-0.2, -0.15) is 13.2 Å². The molecule has 3 saturated heterocycles. The summed E-state index contributed by atoms with van der Waals surface area (Å²) in [5.74, 6) is -3.75. The number of allylic oxidation sites excluding steroid dienone is 1. The summed E-state index contributed by atoms with van der Waals surface area (Å²) in [5.41, 5.74) is -3.27. The van der Waals surface area contributed by atoms with Gasteiger partial charge in [0.2, 0.25) is 24.1 Å². The molecule has 4 aromatic carbocycles. The van der Waals surface area contributed by atoms with E-state index in [2.05, 4.69) is 49.4 Å². The predicted molar refractivity (Wildman–Crippen MR) is 341 cm³/mol. The molecule has 27 heteroatoms. The van der Waals surface area contributed by atoms with Crippen LogP contribution in [0.3, 0.4) is 0 Å². The van der Waals surface area contributed by atoms with Gasteiger partial charge >= 0.3 is 5.51 Å². The van der Waals surface area contributed by atoms with Gasteiger partial charge in [-0.25, -0.2) is 30.3 Å². The van der Waals surface area contributed by atoms with E-state index in [1.54, 1.807) is 12.1 Å². The van der Waals surface area contributed by atoms with Crippen molar-refractivity contribution in [1.29, 1.82) is 0 Å². The van der Waals surface area contributed by atoms with Crippen molar-refractivity contribution in [2.75, 3.05) is 93.3 Å². The number of rotatable bonds is 25. The highest BCUT2D eigenvalue weighted by Gasteiger charge is 2.73. The summed E-state index contributed by atoms with van der Waals surface area (Å²) in [6, 6.07) is 20.6. The number of carbonyl (C=O) groups excluding carboxylic acids is 6. The number of amides is 6. The molecule has 93 heavy (non-hydrogen) atoms. The molecule has 0 aromatic heterocycles. The number of hydrogen-bond acceptors (Lipinski definition) is 16. The van der Waals surface area contributed by atoms with E-state index >= 15 is 0 Å². The summed E-state index contributed by atoms with van der Waals surface area (Å²) < 4.78 is 127. The highest BCUT2D eigenvalue weighted by Crippen LogP contribution is 2.79. The van der Waals surface area contributed by atoms with E-state index < -0.39 is 94.3 Å². The van der Waals surface area contributed by atoms with Gasteiger partial charge in [0.15, 0.2) is 0 Å². The maximum atomic E-state index is 14.5. The van der Waals surface area contributed by atoms with Crippen molar-refractivity contribution in [2.24, 2.45) is 16.2 Å². The summed E-state index contributed by atoms with van der Waals surface area (Å²) in [7, 11) is -11.1. The Morgan fingerprint density at radius 1 is 0.753 bits per heavy atom. The Kier molecular flexibility index (Phi) is 19.7. The monoisotopic (exact) mass is 1350 g/mol. The van der Waals surface area contributed by atoms with Crippen LogP contribution in [0.25, 0.3) is 0 Å². The third-order valence-electron chi connectivity index (χ3n) is 19.7. The van der Waals surface area contributed by atoms with Gasteiger partial charge in [-0.3, -0.25) is 43.9 Å². The molecular weight excluding hydrogens is 1270 g/mol. The van der Waals surface area contributed by atoms with Crippen molar-refractivity contribution in [3.8, 4) is 0 Å². The molecule has 12 rings (SSSR count). The van der Waals surface area contributed by atoms with Gasteiger partial charge in [-0.1, -0.05) is 55.7 Å². The molecule has 4 aliphatic heterocycles. The van der Waals surface area contributed by atoms with E-state index in [4.69, 9.17) is 0 Å². The third kappa shape index (κ3) is 14.7. The van der Waals surface area contributed by atoms with E-state index in [0.29, 0.717) is 89.7 Å². The Morgan fingerprint density at radius 3 is 2.10 bits per heavy atom. The maximum Gasteiger partial charge on any atom is 0.501 e. The lowest BCUT2D eigenvalue weighted by atomic mass is 9.32. The summed E-state index contributed by atoms with van der Waals surface area (Å²) in [4.78, 5) is 86.1. The number of piperidine rings is 1. The largest absolute Gasteiger partial charge is 0.501 e. The fourth-order valence-corrected chi connectivity index (χ4v) is 17.5. The molecule has 1 unspecified atom stereocenters. The first kappa shape index (κ1) is 67.6. The second-order valence-corrected chi connectivity index (χ2v) is 31.4. The molecule has 4 N–H and O–H groups in total. The minimum Gasteiger partial charge on any atom is -0.380 e. The van der Waals surface area contributed by atoms with Crippen molar-refractivity contribution >= 4 is 84.1 Å². The number of unbranched alkanes of at least 4 members (excludes halogenated alkanes) is 2. The SMILES string of the molecule is CC1(C)CCC(CN2CCN(c3ccc(C(=O)NS(=O)(=O)c4ccc(N[C@H](CCN5CCN(CCCCCC(=O)Nc6cccc7c6C(=O)N(C6CCC(=O)NC6=O)C7=O)CC5)CSc5ccccc5)c(S(=O)(=O)C(F)(F)F)c4)cc3)CC2)=C(C23CC(C(F)F)(C2)C3)C1. The number of hydrogen-bond donors (Lipinski definition) is 4. The number of thioether (sulfide) groups is 1. The summed E-state index contributed by atoms with van der Waals surface area (Å²) >= 11 is 1.41. The quantitative estimate of drug-likeness (QED) is 0.0159. The number of anilines is 3. The zero-order valence-electron chi connectivity index (χ0n) is 52.0. The van der Waals surface area contributed by atoms with Crippen LogP contribution in [-0.4, -0.2) is 174 Å². The van der Waals surface area contributed by atoms with Gasteiger partial charge in [0.05, 0.1) is 27.4 Å². The number of nitrogens with zero attached hydrogens (tertiary/aromatic N) is 5. The van der Waals surface area contributed by atoms with Crippen molar-refractivity contribution in [3.63, 3.8) is 0 Å². The topological polar surface area (TPSA) is 235 Å². The number of fused-ring (bicyclic) bond motifs is 1. The molecular formula is C66H78F5N9O10S3. The highest BCUT2D eigenvalue weighted by atomic mass is 32.2. The van der Waals surface area contributed by atoms with Gasteiger partial charge in [0.25, 0.3) is 37.6 Å². The highest BCUT2D eigenvalue weighted by molar-refractivity contribution is 7.99. The van der Waals surface area contributed by atoms with Gasteiger partial charge in [0, 0.05) is 112 Å². The van der Waals surface area contributed by atoms with Crippen LogP contribution in [0.2, 0.25) is 0 Å². The molecule has 6 fully saturated rings. The Labute approximate surface area is 543 Å². The van der Waals surface area contributed by atoms with Crippen LogP contribution < -0.4 is 25.6 Å². The standard InChI is InChI=1S/C66H78F5N9O10S3/c1-63(2)25-23-44(50(37-63)64-40-65(41-64,42-64)62(67)68)38-78-32-34-79(35-33-78)46-17-15-43(16-18-46)58(83)75-93(89,90)48-19-20-51(54(36-48)92(87,88)66(69,70)71)72-45(39-91-47-10-5-3-6-11-47)24-27-77-30-28-76(29-31-77)26-8-4-7-14-55(81)73-52-13-9-12-49-57(52)61(86)80(60(49)85)53-21-22-56(82)74-59(53)84/h3,5-6,9-13,15-20,36,45,53,62,72H,4,7-8,14,21-35,37-42H2,1-2H3,(H,73,81)(H,75,83)(H,74,82,84)/t45-,53?,64?,65?/m1/s1. The average molecular weight is 1350 g/mol. The van der Waals surface area contributed by atoms with E-state index in [0.717, 1.165) is 85.9 Å². The first-order chi connectivity index (χ1) is 44.1. The summed E-state index contributed by atoms with van der Waals surface area (Å²) in [6.07, 6.45) is 4.96. The Bertz CT molecular complexity index is 3780. The number of carbonyl (C=O) groups is 6. The van der Waals surface area contributed by atoms with Gasteiger partial charge < -0.3 is 25.3 Å². The zero-order chi connectivity index (χ0) is 66.3. The maximum absolute atomic E-state index is 14.5. The first-order valence-electron chi connectivity index (χ1n) is 31.8. The number of nitrogens with one attached hydrogen (secondary N) is 4. The minimum atomic E-state index is -6.16. The van der Waals surface area contributed by atoms with Crippen LogP contribution in [-0.2, 0) is 34.2 Å². The van der Waals surface area contributed by atoms with Crippen LogP contribution in [0.15, 0.2) is 117 Å². The van der Waals surface area contributed by atoms with Crippen molar-refractivity contribution in [2.45, 2.75) is 136 Å². The van der Waals surface area contributed by atoms with Crippen LogP contribution in [0.4, 0.5) is 39.0 Å². The number of sulfonamides is 1. The molecule has 500 valence electrons. The molecule has 19 nitrogen and oxygen atoms in total. The van der Waals surface area contributed by atoms with Gasteiger partial charge in [-0.05, 0) is 148 Å². The average Bonchev–Trinajstić information content (AvgIpc) is 1.13. The van der Waals surface area contributed by atoms with Crippen molar-refractivity contribution in [1.82, 2.24) is 29.6 Å². The predicted octanol–water partition coefficient (Wildman–Crippen LogP) is 9.34. The normalized spacial score (nSPS) is 23.3. The molecule has 2 atom stereocenters. The molecule has 4 aliphatic carbocycles.